The lowest BCUT2D eigenvalue weighted by molar-refractivity contribution is -0.142. The summed E-state index contributed by atoms with van der Waals surface area (Å²) >= 11 is 0. The first-order valence-corrected chi connectivity index (χ1v) is 8.06. The summed E-state index contributed by atoms with van der Waals surface area (Å²) in [5.74, 6) is 0.974. The third kappa shape index (κ3) is 3.32. The smallest absolute Gasteiger partial charge is 0.261 e. The highest BCUT2D eigenvalue weighted by molar-refractivity contribution is 5.84. The highest BCUT2D eigenvalue weighted by atomic mass is 16.5. The molecule has 1 aliphatic rings. The summed E-state index contributed by atoms with van der Waals surface area (Å²) in [6.45, 7) is 1.25. The van der Waals surface area contributed by atoms with Crippen molar-refractivity contribution in [2.75, 3.05) is 26.4 Å². The molecule has 2 aromatic carbocycles. The standard InChI is InChI=1S/C18H17N3O4/c22-17(21-7-8-23-10-16(21)18-19-12-25-20-18)11-24-15-6-5-13-3-1-2-4-14(13)9-15/h1-6,9,12,16H,7-8,10-11H2. The van der Waals surface area contributed by atoms with Crippen LogP contribution in [-0.4, -0.2) is 47.3 Å². The minimum Gasteiger partial charge on any atom is -0.484 e. The van der Waals surface area contributed by atoms with Gasteiger partial charge in [-0.2, -0.15) is 4.98 Å². The third-order valence-corrected chi connectivity index (χ3v) is 4.21. The maximum absolute atomic E-state index is 12.6. The van der Waals surface area contributed by atoms with E-state index in [2.05, 4.69) is 10.1 Å². The van der Waals surface area contributed by atoms with E-state index in [9.17, 15) is 4.79 Å². The van der Waals surface area contributed by atoms with Crippen molar-refractivity contribution in [2.24, 2.45) is 0 Å². The van der Waals surface area contributed by atoms with Crippen LogP contribution in [-0.2, 0) is 9.53 Å². The summed E-state index contributed by atoms with van der Waals surface area (Å²) < 4.78 is 15.9. The van der Waals surface area contributed by atoms with Gasteiger partial charge in [-0.1, -0.05) is 35.5 Å². The van der Waals surface area contributed by atoms with Crippen molar-refractivity contribution < 1.29 is 18.8 Å². The van der Waals surface area contributed by atoms with Crippen LogP contribution in [0, 0.1) is 0 Å². The normalized spacial score (nSPS) is 17.6. The van der Waals surface area contributed by atoms with Gasteiger partial charge in [-0.15, -0.1) is 0 Å². The minimum atomic E-state index is -0.347. The van der Waals surface area contributed by atoms with E-state index in [1.165, 1.54) is 6.39 Å². The minimum absolute atomic E-state index is 0.0489. The molecule has 0 bridgehead atoms. The first-order valence-electron chi connectivity index (χ1n) is 8.06. The average Bonchev–Trinajstić information content (AvgIpc) is 3.20. The molecule has 0 spiro atoms. The van der Waals surface area contributed by atoms with Gasteiger partial charge in [0.15, 0.2) is 12.4 Å². The van der Waals surface area contributed by atoms with Crippen molar-refractivity contribution in [1.82, 2.24) is 15.0 Å². The molecule has 25 heavy (non-hydrogen) atoms. The number of fused-ring (bicyclic) bond motifs is 1. The lowest BCUT2D eigenvalue weighted by Gasteiger charge is -2.33. The van der Waals surface area contributed by atoms with E-state index < -0.39 is 0 Å². The van der Waals surface area contributed by atoms with Gasteiger partial charge in [0.1, 0.15) is 11.8 Å². The van der Waals surface area contributed by atoms with Gasteiger partial charge in [-0.05, 0) is 22.9 Å². The molecule has 1 fully saturated rings. The van der Waals surface area contributed by atoms with E-state index in [4.69, 9.17) is 14.0 Å². The van der Waals surface area contributed by atoms with Crippen LogP contribution in [0.3, 0.4) is 0 Å². The van der Waals surface area contributed by atoms with E-state index in [1.807, 2.05) is 42.5 Å². The van der Waals surface area contributed by atoms with Crippen molar-refractivity contribution in [3.8, 4) is 5.75 Å². The number of hydrogen-bond donors (Lipinski definition) is 0. The van der Waals surface area contributed by atoms with Crippen molar-refractivity contribution >= 4 is 16.7 Å². The lowest BCUT2D eigenvalue weighted by atomic mass is 10.1. The predicted molar refractivity (Wildman–Crippen MR) is 89.0 cm³/mol. The van der Waals surface area contributed by atoms with Crippen molar-refractivity contribution in [2.45, 2.75) is 6.04 Å². The second kappa shape index (κ2) is 6.90. The molecule has 3 aromatic rings. The zero-order valence-corrected chi connectivity index (χ0v) is 13.5. The zero-order chi connectivity index (χ0) is 17.1. The third-order valence-electron chi connectivity index (χ3n) is 4.21. The summed E-state index contributed by atoms with van der Waals surface area (Å²) in [6, 6.07) is 13.4. The largest absolute Gasteiger partial charge is 0.484 e. The molecule has 0 radical (unpaired) electrons. The Balaban J connectivity index is 1.45. The fourth-order valence-corrected chi connectivity index (χ4v) is 2.93. The Morgan fingerprint density at radius 2 is 2.12 bits per heavy atom. The molecule has 0 N–H and O–H groups in total. The Morgan fingerprint density at radius 1 is 1.24 bits per heavy atom. The van der Waals surface area contributed by atoms with E-state index in [0.717, 1.165) is 10.8 Å². The number of rotatable bonds is 4. The number of aromatic nitrogens is 2. The van der Waals surface area contributed by atoms with Gasteiger partial charge in [0.25, 0.3) is 5.91 Å². The van der Waals surface area contributed by atoms with Gasteiger partial charge in [0, 0.05) is 6.54 Å². The van der Waals surface area contributed by atoms with E-state index in [-0.39, 0.29) is 18.6 Å². The Labute approximate surface area is 144 Å². The summed E-state index contributed by atoms with van der Waals surface area (Å²) in [5.41, 5.74) is 0. The number of ether oxygens (including phenoxy) is 2. The molecule has 1 amide bonds. The van der Waals surface area contributed by atoms with Crippen molar-refractivity contribution in [3.05, 3.63) is 54.7 Å². The summed E-state index contributed by atoms with van der Waals surface area (Å²) in [7, 11) is 0. The first kappa shape index (κ1) is 15.6. The van der Waals surface area contributed by atoms with Crippen LogP contribution in [0.1, 0.15) is 11.9 Å². The predicted octanol–water partition coefficient (Wildman–Crippen LogP) is 2.20. The van der Waals surface area contributed by atoms with Gasteiger partial charge in [0.05, 0.1) is 13.2 Å². The molecular formula is C18H17N3O4. The van der Waals surface area contributed by atoms with Crippen LogP contribution in [0.2, 0.25) is 0 Å². The first-order chi connectivity index (χ1) is 12.3. The van der Waals surface area contributed by atoms with Crippen LogP contribution in [0.15, 0.2) is 53.4 Å². The van der Waals surface area contributed by atoms with E-state index in [0.29, 0.717) is 31.3 Å². The maximum atomic E-state index is 12.6. The number of morpholine rings is 1. The highest BCUT2D eigenvalue weighted by Crippen LogP contribution is 2.23. The van der Waals surface area contributed by atoms with Gasteiger partial charge >= 0.3 is 0 Å². The monoisotopic (exact) mass is 339 g/mol. The summed E-state index contributed by atoms with van der Waals surface area (Å²) in [4.78, 5) is 18.3. The Bertz CT molecular complexity index is 866. The number of carbonyl (C=O) groups excluding carboxylic acids is 1. The fourth-order valence-electron chi connectivity index (χ4n) is 2.93. The van der Waals surface area contributed by atoms with Crippen LogP contribution in [0.25, 0.3) is 10.8 Å². The van der Waals surface area contributed by atoms with Crippen LogP contribution >= 0.6 is 0 Å². The number of benzene rings is 2. The van der Waals surface area contributed by atoms with Crippen LogP contribution < -0.4 is 4.74 Å². The number of nitrogens with zero attached hydrogens (tertiary/aromatic N) is 3. The number of carbonyl (C=O) groups is 1. The highest BCUT2D eigenvalue weighted by Gasteiger charge is 2.31. The molecule has 128 valence electrons. The molecule has 1 aromatic heterocycles. The molecule has 0 aliphatic carbocycles. The van der Waals surface area contributed by atoms with Crippen molar-refractivity contribution in [3.63, 3.8) is 0 Å². The van der Waals surface area contributed by atoms with E-state index >= 15 is 0 Å². The van der Waals surface area contributed by atoms with Crippen LogP contribution in [0.4, 0.5) is 0 Å². The zero-order valence-electron chi connectivity index (χ0n) is 13.5. The van der Waals surface area contributed by atoms with Crippen molar-refractivity contribution in [1.29, 1.82) is 0 Å². The van der Waals surface area contributed by atoms with Gasteiger partial charge < -0.3 is 18.9 Å². The molecule has 0 saturated carbocycles. The molecular weight excluding hydrogens is 322 g/mol. The molecule has 1 atom stereocenters. The quantitative estimate of drug-likeness (QED) is 0.725. The molecule has 7 heteroatoms. The fraction of sp³-hybridized carbons (Fsp3) is 0.278. The second-order valence-corrected chi connectivity index (χ2v) is 5.76. The lowest BCUT2D eigenvalue weighted by Crippen LogP contribution is -2.45. The summed E-state index contributed by atoms with van der Waals surface area (Å²) in [5, 5.41) is 6.03. The van der Waals surface area contributed by atoms with Gasteiger partial charge in [-0.25, -0.2) is 0 Å². The maximum Gasteiger partial charge on any atom is 0.261 e. The molecule has 1 aliphatic heterocycles. The Morgan fingerprint density at radius 3 is 2.96 bits per heavy atom. The number of amides is 1. The molecule has 2 heterocycles. The Kier molecular flexibility index (Phi) is 4.30. The molecule has 1 saturated heterocycles. The average molecular weight is 339 g/mol. The van der Waals surface area contributed by atoms with E-state index in [1.54, 1.807) is 4.90 Å². The second-order valence-electron chi connectivity index (χ2n) is 5.76. The molecule has 4 rings (SSSR count). The van der Waals surface area contributed by atoms with Gasteiger partial charge in [0.2, 0.25) is 6.39 Å². The van der Waals surface area contributed by atoms with Gasteiger partial charge in [-0.3, -0.25) is 4.79 Å². The van der Waals surface area contributed by atoms with Crippen LogP contribution in [0.5, 0.6) is 5.75 Å². The summed E-state index contributed by atoms with van der Waals surface area (Å²) in [6.07, 6.45) is 1.25. The molecule has 7 nitrogen and oxygen atoms in total. The SMILES string of the molecule is O=C(COc1ccc2ccccc2c1)N1CCOCC1c1ncon1. The number of hydrogen-bond acceptors (Lipinski definition) is 6. The Hall–Kier alpha value is -2.93. The topological polar surface area (TPSA) is 77.7 Å². The molecule has 1 unspecified atom stereocenters.